The highest BCUT2D eigenvalue weighted by atomic mass is 16.6. The minimum atomic E-state index is -1.33. The molecule has 0 spiro atoms. The molecule has 0 saturated heterocycles. The van der Waals surface area contributed by atoms with Gasteiger partial charge in [0.1, 0.15) is 6.04 Å². The molecule has 1 rings (SSSR count). The second kappa shape index (κ2) is 16.2. The Morgan fingerprint density at radius 3 is 1.79 bits per heavy atom. The quantitative estimate of drug-likeness (QED) is 0.206. The first-order valence-electron chi connectivity index (χ1n) is 14.0. The van der Waals surface area contributed by atoms with Crippen LogP contribution in [0.15, 0.2) is 18.2 Å². The Hall–Kier alpha value is -2.94. The zero-order valence-electron chi connectivity index (χ0n) is 24.7. The first-order chi connectivity index (χ1) is 18.2. The Labute approximate surface area is 232 Å². The van der Waals surface area contributed by atoms with Crippen LogP contribution in [0.2, 0.25) is 0 Å². The number of carbonyl (C=O) groups excluding carboxylic acids is 3. The summed E-state index contributed by atoms with van der Waals surface area (Å²) in [6.45, 7) is 14.8. The van der Waals surface area contributed by atoms with Crippen molar-refractivity contribution in [1.82, 2.24) is 0 Å². The monoisotopic (exact) mass is 549 g/mol. The van der Waals surface area contributed by atoms with Crippen molar-refractivity contribution >= 4 is 23.9 Å². The molecule has 0 aliphatic rings. The summed E-state index contributed by atoms with van der Waals surface area (Å²) in [5.74, 6) is -4.72. The Kier molecular flexibility index (Phi) is 14.2. The fraction of sp³-hybridized carbons (Fsp3) is 0.667. The lowest BCUT2D eigenvalue weighted by atomic mass is 9.82. The number of hydrogen-bond donors (Lipinski definition) is 2. The number of carbonyl (C=O) groups is 4. The molecule has 0 fully saturated rings. The van der Waals surface area contributed by atoms with E-state index in [1.54, 1.807) is 33.8 Å². The van der Waals surface area contributed by atoms with Crippen LogP contribution in [0.25, 0.3) is 0 Å². The zero-order valence-corrected chi connectivity index (χ0v) is 24.7. The maximum Gasteiger partial charge on any atom is 0.321 e. The summed E-state index contributed by atoms with van der Waals surface area (Å²) in [5.41, 5.74) is 6.56. The molecule has 0 radical (unpaired) electrons. The number of benzene rings is 1. The third-order valence-electron chi connectivity index (χ3n) is 7.17. The average molecular weight is 550 g/mol. The fourth-order valence-electron chi connectivity index (χ4n) is 4.18. The highest BCUT2D eigenvalue weighted by Gasteiger charge is 2.33. The number of carboxylic acids is 1. The number of rotatable bonds is 16. The Bertz CT molecular complexity index is 976. The van der Waals surface area contributed by atoms with Crippen molar-refractivity contribution in [1.29, 1.82) is 0 Å². The van der Waals surface area contributed by atoms with Crippen LogP contribution < -0.4 is 15.2 Å². The highest BCUT2D eigenvalue weighted by molar-refractivity contribution is 5.79. The molecule has 5 unspecified atom stereocenters. The molecular weight excluding hydrogens is 502 g/mol. The van der Waals surface area contributed by atoms with Crippen LogP contribution in [-0.4, -0.2) is 41.6 Å². The van der Waals surface area contributed by atoms with E-state index in [0.29, 0.717) is 18.4 Å². The topological polar surface area (TPSA) is 142 Å². The third kappa shape index (κ3) is 10.3. The van der Waals surface area contributed by atoms with E-state index in [-0.39, 0.29) is 47.7 Å². The van der Waals surface area contributed by atoms with Crippen molar-refractivity contribution in [2.24, 2.45) is 35.3 Å². The summed E-state index contributed by atoms with van der Waals surface area (Å²) in [5, 5.41) is 9.75. The van der Waals surface area contributed by atoms with E-state index in [4.69, 9.17) is 19.9 Å². The van der Waals surface area contributed by atoms with Crippen LogP contribution in [0, 0.1) is 29.6 Å². The minimum Gasteiger partial charge on any atom is -0.480 e. The second-order valence-corrected chi connectivity index (χ2v) is 11.0. The van der Waals surface area contributed by atoms with Crippen LogP contribution in [0.1, 0.15) is 92.6 Å². The van der Waals surface area contributed by atoms with Gasteiger partial charge in [-0.3, -0.25) is 19.2 Å². The summed E-state index contributed by atoms with van der Waals surface area (Å²) < 4.78 is 16.8. The number of carboxylic acid groups (broad SMARTS) is 1. The van der Waals surface area contributed by atoms with Gasteiger partial charge in [-0.2, -0.15) is 0 Å². The lowest BCUT2D eigenvalue weighted by molar-refractivity contribution is -0.151. The maximum absolute atomic E-state index is 12.8. The summed E-state index contributed by atoms with van der Waals surface area (Å²) >= 11 is 0. The smallest absolute Gasteiger partial charge is 0.321 e. The maximum atomic E-state index is 12.8. The lowest BCUT2D eigenvalue weighted by Crippen LogP contribution is -2.41. The van der Waals surface area contributed by atoms with Gasteiger partial charge >= 0.3 is 23.9 Å². The molecule has 9 heteroatoms. The molecule has 1 aromatic carbocycles. The predicted octanol–water partition coefficient (Wildman–Crippen LogP) is 5.34. The molecule has 6 atom stereocenters. The van der Waals surface area contributed by atoms with E-state index in [0.717, 1.165) is 12.8 Å². The van der Waals surface area contributed by atoms with Crippen LogP contribution in [0.4, 0.5) is 0 Å². The summed E-state index contributed by atoms with van der Waals surface area (Å²) in [6.07, 6.45) is 2.85. The molecule has 3 N–H and O–H groups in total. The van der Waals surface area contributed by atoms with Crippen molar-refractivity contribution in [3.05, 3.63) is 23.8 Å². The standard InChI is InChI=1S/C30H47NO8/c1-9-11-18(5)28(34)38-23-14-13-22(15-24(23)39-29(35)19(6)12-10-2)25(26(31)27(32)33)20(7)16-37-30(36)21(8)17(3)4/h13-15,17-21,25-26H,9-12,16,31H2,1-8H3,(H,32,33)/t18?,19?,20?,21?,25?,26-/m0/s1. The molecule has 39 heavy (non-hydrogen) atoms. The zero-order chi connectivity index (χ0) is 29.9. The van der Waals surface area contributed by atoms with Crippen molar-refractivity contribution in [3.8, 4) is 11.5 Å². The van der Waals surface area contributed by atoms with Crippen LogP contribution in [0.5, 0.6) is 11.5 Å². The molecule has 0 aliphatic carbocycles. The van der Waals surface area contributed by atoms with Gasteiger partial charge in [0.2, 0.25) is 0 Å². The molecule has 0 amide bonds. The summed E-state index contributed by atoms with van der Waals surface area (Å²) in [6, 6.07) is 3.25. The molecule has 9 nitrogen and oxygen atoms in total. The van der Waals surface area contributed by atoms with Gasteiger partial charge in [-0.05, 0) is 42.4 Å². The number of aliphatic carboxylic acids is 1. The van der Waals surface area contributed by atoms with Gasteiger partial charge in [0, 0.05) is 5.92 Å². The van der Waals surface area contributed by atoms with Gasteiger partial charge in [-0.1, -0.05) is 74.3 Å². The summed E-state index contributed by atoms with van der Waals surface area (Å²) in [4.78, 5) is 49.8. The molecule has 220 valence electrons. The Morgan fingerprint density at radius 1 is 0.821 bits per heavy atom. The number of hydrogen-bond acceptors (Lipinski definition) is 8. The first-order valence-corrected chi connectivity index (χ1v) is 14.0. The number of ether oxygens (including phenoxy) is 3. The van der Waals surface area contributed by atoms with Crippen molar-refractivity contribution < 1.29 is 38.5 Å². The largest absolute Gasteiger partial charge is 0.480 e. The van der Waals surface area contributed by atoms with Gasteiger partial charge in [0.05, 0.1) is 24.4 Å². The first kappa shape index (κ1) is 34.1. The molecule has 0 aliphatic heterocycles. The Morgan fingerprint density at radius 2 is 1.33 bits per heavy atom. The van der Waals surface area contributed by atoms with Crippen molar-refractivity contribution in [2.75, 3.05) is 6.61 Å². The van der Waals surface area contributed by atoms with Gasteiger partial charge in [-0.15, -0.1) is 0 Å². The van der Waals surface area contributed by atoms with Gasteiger partial charge in [0.25, 0.3) is 0 Å². The average Bonchev–Trinajstić information content (AvgIpc) is 2.88. The Balaban J connectivity index is 3.43. The normalized spacial score (nSPS) is 15.9. The fourth-order valence-corrected chi connectivity index (χ4v) is 4.18. The van der Waals surface area contributed by atoms with E-state index in [2.05, 4.69) is 0 Å². The van der Waals surface area contributed by atoms with Gasteiger partial charge in [0.15, 0.2) is 11.5 Å². The van der Waals surface area contributed by atoms with Crippen LogP contribution >= 0.6 is 0 Å². The molecule has 1 aromatic rings. The molecule has 0 heterocycles. The second-order valence-electron chi connectivity index (χ2n) is 11.0. The number of nitrogens with two attached hydrogens (primary N) is 1. The summed E-state index contributed by atoms with van der Waals surface area (Å²) in [7, 11) is 0. The molecule has 0 saturated carbocycles. The van der Waals surface area contributed by atoms with Crippen molar-refractivity contribution in [3.63, 3.8) is 0 Å². The molecule has 0 bridgehead atoms. The van der Waals surface area contributed by atoms with Crippen molar-refractivity contribution in [2.45, 2.75) is 93.0 Å². The highest BCUT2D eigenvalue weighted by Crippen LogP contribution is 2.36. The number of esters is 3. The lowest BCUT2D eigenvalue weighted by Gasteiger charge is -2.28. The third-order valence-corrected chi connectivity index (χ3v) is 7.17. The van der Waals surface area contributed by atoms with Crippen LogP contribution in [0.3, 0.4) is 0 Å². The predicted molar refractivity (Wildman–Crippen MR) is 148 cm³/mol. The van der Waals surface area contributed by atoms with E-state index in [9.17, 15) is 24.3 Å². The molecule has 0 aromatic heterocycles. The van der Waals surface area contributed by atoms with E-state index in [1.807, 2.05) is 27.7 Å². The van der Waals surface area contributed by atoms with E-state index < -0.39 is 35.8 Å². The molecular formula is C30H47NO8. The van der Waals surface area contributed by atoms with E-state index >= 15 is 0 Å². The van der Waals surface area contributed by atoms with E-state index in [1.165, 1.54) is 12.1 Å². The minimum absolute atomic E-state index is 0.0118. The van der Waals surface area contributed by atoms with Crippen LogP contribution in [-0.2, 0) is 23.9 Å². The van der Waals surface area contributed by atoms with Gasteiger partial charge < -0.3 is 25.1 Å². The van der Waals surface area contributed by atoms with Gasteiger partial charge in [-0.25, -0.2) is 0 Å². The SMILES string of the molecule is CCCC(C)C(=O)Oc1ccc(C(C(C)COC(=O)C(C)C(C)C)[C@H](N)C(=O)O)cc1OC(=O)C(C)CCC.